The van der Waals surface area contributed by atoms with Gasteiger partial charge in [0.2, 0.25) is 0 Å². The third-order valence-electron chi connectivity index (χ3n) is 14.7. The number of phosphoric ester groups is 1. The van der Waals surface area contributed by atoms with Crippen LogP contribution in [-0.4, -0.2) is 74.9 Å². The Kier molecular flexibility index (Phi) is 59.6. The number of carbonyl (C=O) groups is 2. The first-order chi connectivity index (χ1) is 39.5. The van der Waals surface area contributed by atoms with Gasteiger partial charge in [-0.2, -0.15) is 0 Å². The van der Waals surface area contributed by atoms with Crippen molar-refractivity contribution in [3.05, 3.63) is 85.1 Å². The third kappa shape index (κ3) is 66.2. The number of carbonyl (C=O) groups excluding carboxylic acids is 2. The van der Waals surface area contributed by atoms with Crippen molar-refractivity contribution in [1.29, 1.82) is 0 Å². The molecule has 0 aliphatic heterocycles. The molecule has 0 bridgehead atoms. The van der Waals surface area contributed by atoms with E-state index in [1.54, 1.807) is 0 Å². The number of likely N-dealkylation sites (N-methyl/N-ethyl adjacent to an activating group) is 1. The Balaban J connectivity index is 4.08. The van der Waals surface area contributed by atoms with Gasteiger partial charge in [0.25, 0.3) is 0 Å². The SMILES string of the molecule is CC/C=C\C/C=C\C/C=C\C/C=C\C/C=C\C/C=C\C/C=C\CCCCCCCCCCCCCC(=O)OC(COC(=O)CCCCCCCCCCCCCCCCCCCCCCCCCC)COP(=O)(O)OCC[N+](C)(C)C. The highest BCUT2D eigenvalue weighted by molar-refractivity contribution is 7.47. The van der Waals surface area contributed by atoms with Crippen LogP contribution < -0.4 is 0 Å². The number of quaternary nitrogens is 1. The van der Waals surface area contributed by atoms with E-state index < -0.39 is 26.5 Å². The molecule has 9 nitrogen and oxygen atoms in total. The number of allylic oxidation sites excluding steroid dienone is 14. The van der Waals surface area contributed by atoms with Gasteiger partial charge in [0, 0.05) is 12.8 Å². The summed E-state index contributed by atoms with van der Waals surface area (Å²) >= 11 is 0. The minimum Gasteiger partial charge on any atom is -0.462 e. The van der Waals surface area contributed by atoms with Gasteiger partial charge >= 0.3 is 19.8 Å². The van der Waals surface area contributed by atoms with Crippen LogP contribution in [-0.2, 0) is 32.7 Å². The molecule has 0 heterocycles. The molecule has 0 saturated heterocycles. The lowest BCUT2D eigenvalue weighted by molar-refractivity contribution is -0.870. The second-order valence-corrected chi connectivity index (χ2v) is 25.3. The Morgan fingerprint density at radius 2 is 0.704 bits per heavy atom. The lowest BCUT2D eigenvalue weighted by Crippen LogP contribution is -2.37. The molecule has 0 aromatic heterocycles. The van der Waals surface area contributed by atoms with Crippen molar-refractivity contribution in [1.82, 2.24) is 0 Å². The number of esters is 2. The number of hydrogen-bond donors (Lipinski definition) is 1. The summed E-state index contributed by atoms with van der Waals surface area (Å²) in [7, 11) is 1.48. The molecule has 0 fully saturated rings. The third-order valence-corrected chi connectivity index (χ3v) is 15.7. The van der Waals surface area contributed by atoms with E-state index in [4.69, 9.17) is 18.5 Å². The molecular weight excluding hydrogens is 1030 g/mol. The molecule has 0 radical (unpaired) electrons. The van der Waals surface area contributed by atoms with Gasteiger partial charge in [0.05, 0.1) is 27.7 Å². The Bertz CT molecular complexity index is 1640. The van der Waals surface area contributed by atoms with Gasteiger partial charge in [-0.25, -0.2) is 4.57 Å². The fourth-order valence-corrected chi connectivity index (χ4v) is 10.3. The summed E-state index contributed by atoms with van der Waals surface area (Å²) in [6, 6.07) is 0. The molecule has 0 aliphatic carbocycles. The van der Waals surface area contributed by atoms with E-state index in [2.05, 4.69) is 98.9 Å². The summed E-state index contributed by atoms with van der Waals surface area (Å²) in [4.78, 5) is 35.8. The van der Waals surface area contributed by atoms with E-state index in [9.17, 15) is 19.0 Å². The standard InChI is InChI=1S/C71H128NO8P/c1-6-8-10-12-14-16-18-20-22-24-26-28-30-32-33-34-35-36-37-38-39-40-42-44-46-48-50-52-54-56-58-60-62-64-71(74)80-69(68-79-81(75,76)78-66-65-72(3,4)5)67-77-70(73)63-61-59-57-55-53-51-49-47-45-43-41-31-29-27-25-23-21-19-17-15-13-11-9-7-2/h8,10,14,16,20,22,26,28,32-33,35-36,38-39,69H,6-7,9,11-13,15,17-19,21,23-25,27,29-31,34,37,40-68H2,1-5H3/p+1/b10-8-,16-14-,22-20-,28-26-,33-32-,36-35-,39-38-. The van der Waals surface area contributed by atoms with Crippen molar-refractivity contribution in [2.45, 2.75) is 309 Å². The Hall–Kier alpha value is -2.81. The molecular formula is C71H129NO8P+. The van der Waals surface area contributed by atoms with Crippen molar-refractivity contribution in [2.24, 2.45) is 0 Å². The van der Waals surface area contributed by atoms with Crippen molar-refractivity contribution in [2.75, 3.05) is 47.5 Å². The Morgan fingerprint density at radius 1 is 0.395 bits per heavy atom. The van der Waals surface area contributed by atoms with Crippen LogP contribution in [0.2, 0.25) is 0 Å². The fourth-order valence-electron chi connectivity index (χ4n) is 9.53. The van der Waals surface area contributed by atoms with Gasteiger partial charge in [-0.3, -0.25) is 18.6 Å². The Morgan fingerprint density at radius 3 is 1.05 bits per heavy atom. The van der Waals surface area contributed by atoms with Gasteiger partial charge in [-0.05, 0) is 70.6 Å². The molecule has 0 rings (SSSR count). The first-order valence-electron chi connectivity index (χ1n) is 33.8. The lowest BCUT2D eigenvalue weighted by Gasteiger charge is -2.24. The van der Waals surface area contributed by atoms with Crippen LogP contribution in [0.15, 0.2) is 85.1 Å². The summed E-state index contributed by atoms with van der Waals surface area (Å²) in [5.41, 5.74) is 0. The van der Waals surface area contributed by atoms with Gasteiger partial charge in [-0.1, -0.05) is 304 Å². The summed E-state index contributed by atoms with van der Waals surface area (Å²) in [5, 5.41) is 0. The molecule has 0 aromatic rings. The normalized spacial score (nSPS) is 13.7. The molecule has 0 amide bonds. The predicted octanol–water partition coefficient (Wildman–Crippen LogP) is 21.8. The number of phosphoric acid groups is 1. The highest BCUT2D eigenvalue weighted by Crippen LogP contribution is 2.43. The molecule has 0 saturated carbocycles. The van der Waals surface area contributed by atoms with Gasteiger partial charge < -0.3 is 18.9 Å². The van der Waals surface area contributed by atoms with Crippen LogP contribution in [0.5, 0.6) is 0 Å². The molecule has 0 spiro atoms. The molecule has 81 heavy (non-hydrogen) atoms. The van der Waals surface area contributed by atoms with Crippen molar-refractivity contribution >= 4 is 19.8 Å². The predicted molar refractivity (Wildman–Crippen MR) is 349 cm³/mol. The minimum absolute atomic E-state index is 0.0298. The quantitative estimate of drug-likeness (QED) is 0.0211. The van der Waals surface area contributed by atoms with Crippen LogP contribution in [0, 0.1) is 0 Å². The largest absolute Gasteiger partial charge is 0.472 e. The molecule has 0 aliphatic rings. The summed E-state index contributed by atoms with van der Waals surface area (Å²) < 4.78 is 34.7. The van der Waals surface area contributed by atoms with Crippen molar-refractivity contribution in [3.63, 3.8) is 0 Å². The lowest BCUT2D eigenvalue weighted by atomic mass is 10.0. The first kappa shape index (κ1) is 78.2. The number of nitrogens with zero attached hydrogens (tertiary/aromatic N) is 1. The number of unbranched alkanes of at least 4 members (excludes halogenated alkanes) is 34. The number of ether oxygens (including phenoxy) is 2. The molecule has 2 unspecified atom stereocenters. The second-order valence-electron chi connectivity index (χ2n) is 23.8. The van der Waals surface area contributed by atoms with Crippen LogP contribution in [0.4, 0.5) is 0 Å². The average molecular weight is 1160 g/mol. The minimum atomic E-state index is -4.39. The highest BCUT2D eigenvalue weighted by atomic mass is 31.2. The molecule has 10 heteroatoms. The van der Waals surface area contributed by atoms with Gasteiger partial charge in [0.1, 0.15) is 19.8 Å². The topological polar surface area (TPSA) is 108 Å². The zero-order valence-electron chi connectivity index (χ0n) is 53.5. The zero-order chi connectivity index (χ0) is 59.1. The van der Waals surface area contributed by atoms with Gasteiger partial charge in [0.15, 0.2) is 6.10 Å². The van der Waals surface area contributed by atoms with Crippen LogP contribution >= 0.6 is 7.82 Å². The van der Waals surface area contributed by atoms with Gasteiger partial charge in [-0.15, -0.1) is 0 Å². The summed E-state index contributed by atoms with van der Waals surface area (Å²) in [5.74, 6) is -0.790. The van der Waals surface area contributed by atoms with E-state index in [-0.39, 0.29) is 25.6 Å². The number of rotatable bonds is 62. The average Bonchev–Trinajstić information content (AvgIpc) is 3.43. The fraction of sp³-hybridized carbons (Fsp3) is 0.775. The highest BCUT2D eigenvalue weighted by Gasteiger charge is 2.27. The summed E-state index contributed by atoms with van der Waals surface area (Å²) in [6.45, 7) is 4.36. The zero-order valence-corrected chi connectivity index (χ0v) is 54.4. The van der Waals surface area contributed by atoms with Crippen molar-refractivity contribution < 1.29 is 42.1 Å². The smallest absolute Gasteiger partial charge is 0.462 e. The maximum atomic E-state index is 12.9. The van der Waals surface area contributed by atoms with E-state index in [0.29, 0.717) is 23.9 Å². The van der Waals surface area contributed by atoms with Crippen LogP contribution in [0.25, 0.3) is 0 Å². The molecule has 2 atom stereocenters. The van der Waals surface area contributed by atoms with E-state index >= 15 is 0 Å². The first-order valence-corrected chi connectivity index (χ1v) is 35.3. The van der Waals surface area contributed by atoms with Crippen LogP contribution in [0.1, 0.15) is 303 Å². The monoisotopic (exact) mass is 1150 g/mol. The van der Waals surface area contributed by atoms with E-state index in [1.165, 1.54) is 180 Å². The maximum Gasteiger partial charge on any atom is 0.472 e. The maximum absolute atomic E-state index is 12.9. The molecule has 1 N–H and O–H groups in total. The van der Waals surface area contributed by atoms with Crippen LogP contribution in [0.3, 0.4) is 0 Å². The van der Waals surface area contributed by atoms with E-state index in [0.717, 1.165) is 89.9 Å². The second kappa shape index (κ2) is 61.7. The molecule has 470 valence electrons. The van der Waals surface area contributed by atoms with E-state index in [1.807, 2.05) is 21.1 Å². The summed E-state index contributed by atoms with van der Waals surface area (Å²) in [6.07, 6.45) is 83.9. The number of hydrogen-bond acceptors (Lipinski definition) is 7. The Labute approximate surface area is 501 Å². The molecule has 0 aromatic carbocycles. The van der Waals surface area contributed by atoms with Crippen molar-refractivity contribution in [3.8, 4) is 0 Å².